The van der Waals surface area contributed by atoms with Gasteiger partial charge in [0.05, 0.1) is 13.2 Å². The summed E-state index contributed by atoms with van der Waals surface area (Å²) in [4.78, 5) is 42.1. The van der Waals surface area contributed by atoms with Gasteiger partial charge in [0.25, 0.3) is 0 Å². The molecule has 10 heteroatoms. The number of nitrogens with one attached hydrogen (secondary N) is 1. The molecule has 56 heavy (non-hydrogen) atoms. The number of methoxy groups -OCH3 is 1. The molecule has 294 valence electrons. The van der Waals surface area contributed by atoms with E-state index in [2.05, 4.69) is 59.5 Å². The van der Waals surface area contributed by atoms with Crippen LogP contribution in [-0.2, 0) is 25.5 Å². The molecule has 2 N–H and O–H groups in total. The summed E-state index contributed by atoms with van der Waals surface area (Å²) in [5.74, 6) is -1.42. The minimum absolute atomic E-state index is 0. The molecule has 3 aromatic rings. The molecule has 5 atom stereocenters. The summed E-state index contributed by atoms with van der Waals surface area (Å²) in [6.45, 7) is 21.3. The van der Waals surface area contributed by atoms with E-state index in [1.807, 2.05) is 38.2 Å². The molecule has 3 aliphatic rings. The van der Waals surface area contributed by atoms with Gasteiger partial charge in [-0.05, 0) is 82.4 Å². The quantitative estimate of drug-likeness (QED) is 0.145. The number of rotatable bonds is 13. The van der Waals surface area contributed by atoms with Crippen molar-refractivity contribution in [3.05, 3.63) is 90.1 Å². The van der Waals surface area contributed by atoms with Gasteiger partial charge in [-0.25, -0.2) is 0 Å². The van der Waals surface area contributed by atoms with Crippen LogP contribution < -0.4 is 41.5 Å². The zero-order valence-corrected chi connectivity index (χ0v) is 36.2. The van der Waals surface area contributed by atoms with Crippen molar-refractivity contribution in [1.29, 1.82) is 0 Å². The second kappa shape index (κ2) is 18.0. The molecule has 1 unspecified atom stereocenters. The van der Waals surface area contributed by atoms with E-state index in [0.29, 0.717) is 28.3 Å². The summed E-state index contributed by atoms with van der Waals surface area (Å²) in [5.41, 5.74) is 10.00. The number of nitrogens with zero attached hydrogens (tertiary/aromatic N) is 3. The molecule has 3 aromatic heterocycles. The summed E-state index contributed by atoms with van der Waals surface area (Å²) in [7, 11) is 1.34. The van der Waals surface area contributed by atoms with E-state index in [0.717, 1.165) is 80.8 Å². The topological polar surface area (TPSA) is 127 Å². The van der Waals surface area contributed by atoms with Gasteiger partial charge < -0.3 is 34.8 Å². The van der Waals surface area contributed by atoms with Crippen LogP contribution in [0.5, 0.6) is 0 Å². The summed E-state index contributed by atoms with van der Waals surface area (Å²) in [6.07, 6.45) is 15.9. The van der Waals surface area contributed by atoms with Gasteiger partial charge in [-0.2, -0.15) is 0 Å². The third-order valence-electron chi connectivity index (χ3n) is 12.4. The molecule has 0 saturated carbocycles. The Morgan fingerprint density at radius 2 is 1.71 bits per heavy atom. The van der Waals surface area contributed by atoms with Crippen LogP contribution in [0.15, 0.2) is 23.9 Å². The maximum atomic E-state index is 13.6. The average molecular weight is 770 g/mol. The van der Waals surface area contributed by atoms with E-state index in [1.54, 1.807) is 0 Å². The Morgan fingerprint density at radius 3 is 2.39 bits per heavy atom. The molecule has 6 rings (SSSR count). The molecule has 0 radical (unpaired) electrons. The van der Waals surface area contributed by atoms with Gasteiger partial charge in [0.1, 0.15) is 18.3 Å². The van der Waals surface area contributed by atoms with E-state index in [9.17, 15) is 14.7 Å². The van der Waals surface area contributed by atoms with E-state index in [-0.39, 0.29) is 59.6 Å². The van der Waals surface area contributed by atoms with Gasteiger partial charge in [0.2, 0.25) is 0 Å². The van der Waals surface area contributed by atoms with Crippen molar-refractivity contribution in [2.75, 3.05) is 13.7 Å². The van der Waals surface area contributed by atoms with E-state index >= 15 is 0 Å². The fourth-order valence-electron chi connectivity index (χ4n) is 8.70. The first-order chi connectivity index (χ1) is 26.3. The number of hydrogen-bond acceptors (Lipinski definition) is 6. The zero-order valence-electron chi connectivity index (χ0n) is 34.8. The van der Waals surface area contributed by atoms with Crippen molar-refractivity contribution in [2.24, 2.45) is 23.7 Å². The van der Waals surface area contributed by atoms with Crippen LogP contribution in [0, 0.1) is 44.4 Å². The molecule has 1 fully saturated rings. The third kappa shape index (κ3) is 8.14. The van der Waals surface area contributed by atoms with E-state index in [1.165, 1.54) is 25.5 Å². The first-order valence-corrected chi connectivity index (χ1v) is 20.0. The molecule has 2 aliphatic heterocycles. The number of fused-ring (bicyclic) bond motifs is 8. The Kier molecular flexibility index (Phi) is 13.8. The van der Waals surface area contributed by atoms with Gasteiger partial charge in [0, 0.05) is 23.3 Å². The maximum absolute atomic E-state index is 13.6. The molecule has 5 heterocycles. The number of aromatic nitrogens is 3. The molecule has 0 aromatic carbocycles. The number of hydrogen-bond donors (Lipinski definition) is 2. The summed E-state index contributed by atoms with van der Waals surface area (Å²) in [5, 5.41) is 18.4. The number of ether oxygens (including phenoxy) is 2. The van der Waals surface area contributed by atoms with Crippen LogP contribution >= 0.6 is 0 Å². The SMILES string of the molecule is C=Cc1c2[n-]c(c1C)/C=C1\NC(C3=c4[n-]c(c(C)c4=C(O)[C@@H]3C(=O)OC)/C=c3\[n-]/c(c(C)c3CC)=C\2)[C@@H](CCC(=O)OC/C=C(\C)CCC[C@H](C)CC)[C@@H]1C.[Mg+2]. The largest absolute Gasteiger partial charge is 2.00 e. The Balaban J connectivity index is 0.00000600. The number of esters is 2. The molecular weight excluding hydrogens is 713 g/mol. The Labute approximate surface area is 347 Å². The number of aliphatic hydroxyl groups excluding tert-OH is 1. The zero-order chi connectivity index (χ0) is 39.7. The summed E-state index contributed by atoms with van der Waals surface area (Å²) in [6, 6.07) is -0.443. The Hall–Kier alpha value is -4.15. The van der Waals surface area contributed by atoms with E-state index in [4.69, 9.17) is 24.4 Å². The van der Waals surface area contributed by atoms with Gasteiger partial charge in [0.15, 0.2) is 0 Å². The number of carbonyl (C=O) groups is 2. The van der Waals surface area contributed by atoms with Gasteiger partial charge >= 0.3 is 35.0 Å². The van der Waals surface area contributed by atoms with Crippen molar-refractivity contribution >= 4 is 70.6 Å². The van der Waals surface area contributed by atoms with Crippen LogP contribution in [0.25, 0.3) is 35.6 Å². The first-order valence-electron chi connectivity index (χ1n) is 20.0. The smallest absolute Gasteiger partial charge is 0.657 e. The molecule has 9 nitrogen and oxygen atoms in total. The summed E-state index contributed by atoms with van der Waals surface area (Å²) >= 11 is 0. The van der Waals surface area contributed by atoms with Crippen molar-refractivity contribution < 1.29 is 24.2 Å². The molecule has 0 spiro atoms. The van der Waals surface area contributed by atoms with E-state index < -0.39 is 17.9 Å². The number of allylic oxidation sites excluding steroid dienone is 2. The van der Waals surface area contributed by atoms with Gasteiger partial charge in [-0.3, -0.25) is 9.59 Å². The predicted octanol–water partition coefficient (Wildman–Crippen LogP) is 4.65. The molecule has 0 amide bonds. The van der Waals surface area contributed by atoms with Crippen LogP contribution in [-0.4, -0.2) is 59.9 Å². The summed E-state index contributed by atoms with van der Waals surface area (Å²) < 4.78 is 11.0. The molecular formula is C46H57MgN4O5-. The van der Waals surface area contributed by atoms with Crippen LogP contribution in [0.1, 0.15) is 118 Å². The van der Waals surface area contributed by atoms with Crippen molar-refractivity contribution in [3.63, 3.8) is 0 Å². The Morgan fingerprint density at radius 1 is 1.00 bits per heavy atom. The van der Waals surface area contributed by atoms with Gasteiger partial charge in [-0.1, -0.05) is 99.2 Å². The molecule has 8 bridgehead atoms. The van der Waals surface area contributed by atoms with Crippen molar-refractivity contribution in [3.8, 4) is 0 Å². The van der Waals surface area contributed by atoms with Crippen molar-refractivity contribution in [1.82, 2.24) is 20.3 Å². The minimum Gasteiger partial charge on any atom is -0.657 e. The normalized spacial score (nSPS) is 22.5. The minimum atomic E-state index is -1.04. The predicted molar refractivity (Wildman–Crippen MR) is 224 cm³/mol. The monoisotopic (exact) mass is 769 g/mol. The number of aliphatic hydroxyl groups is 1. The average Bonchev–Trinajstić information content (AvgIpc) is 3.90. The molecule has 1 aliphatic carbocycles. The van der Waals surface area contributed by atoms with Crippen LogP contribution in [0.4, 0.5) is 0 Å². The second-order valence-corrected chi connectivity index (χ2v) is 15.7. The standard InChI is InChI=1S/C46H57N4O5.Mg/c1-11-24(4)15-14-16-25(5)19-20-55-39(51)18-17-32-28(8)35-21-33-26(6)30(12-2)37(47-33)22-34-27(7)31(13-3)38(48-34)23-36-29(9)40-44(50-36)41(43(32)49-35)42(45(40)52)46(53)54-10;/h12,19,21-24,28,32,42-43,49,52H,2,11,13-18,20H2,1,3-10H3;/q-3;+2/b25-19+,34-22-,35-21-,38-23-;/t24-,28+,32+,42-,43?;/m1./s1. The molecule has 1 saturated heterocycles. The first kappa shape index (κ1) is 43.0. The fraction of sp³-hybridized carbons (Fsp3) is 0.478. The third-order valence-corrected chi connectivity index (χ3v) is 12.4. The fourth-order valence-corrected chi connectivity index (χ4v) is 8.70. The second-order valence-electron chi connectivity index (χ2n) is 15.7. The maximum Gasteiger partial charge on any atom is 2.00 e. The van der Waals surface area contributed by atoms with Crippen LogP contribution in [0.2, 0.25) is 0 Å². The number of carbonyl (C=O) groups excluding carboxylic acids is 2. The van der Waals surface area contributed by atoms with Gasteiger partial charge in [-0.15, -0.1) is 33.1 Å². The van der Waals surface area contributed by atoms with Crippen LogP contribution in [0.3, 0.4) is 0 Å². The Bertz CT molecular complexity index is 2320. The van der Waals surface area contributed by atoms with Crippen molar-refractivity contribution in [2.45, 2.75) is 106 Å².